The van der Waals surface area contributed by atoms with Crippen LogP contribution in [0.1, 0.15) is 31.4 Å². The normalized spacial score (nSPS) is 10.6. The summed E-state index contributed by atoms with van der Waals surface area (Å²) in [5.41, 5.74) is 7.78. The van der Waals surface area contributed by atoms with Crippen LogP contribution in [0.4, 0.5) is 0 Å². The highest BCUT2D eigenvalue weighted by molar-refractivity contribution is 5.75. The third-order valence-electron chi connectivity index (χ3n) is 2.53. The molecule has 0 aliphatic rings. The molecule has 17 heavy (non-hydrogen) atoms. The van der Waals surface area contributed by atoms with Gasteiger partial charge in [0.2, 0.25) is 5.91 Å². The highest BCUT2D eigenvalue weighted by atomic mass is 16.1. The van der Waals surface area contributed by atoms with Crippen LogP contribution in [0, 0.1) is 5.92 Å². The van der Waals surface area contributed by atoms with Crippen molar-refractivity contribution in [2.24, 2.45) is 11.7 Å². The van der Waals surface area contributed by atoms with Gasteiger partial charge in [-0.25, -0.2) is 0 Å². The summed E-state index contributed by atoms with van der Waals surface area (Å²) >= 11 is 0. The lowest BCUT2D eigenvalue weighted by molar-refractivity contribution is -0.121. The molecule has 0 aliphatic heterocycles. The first kappa shape index (κ1) is 13.7. The van der Waals surface area contributed by atoms with E-state index in [2.05, 4.69) is 43.4 Å². The number of amides is 1. The van der Waals surface area contributed by atoms with E-state index >= 15 is 0 Å². The fraction of sp³-hybridized carbons (Fsp3) is 0.500. The zero-order valence-corrected chi connectivity index (χ0v) is 10.7. The minimum atomic E-state index is 0.0127. The van der Waals surface area contributed by atoms with Gasteiger partial charge < -0.3 is 11.1 Å². The number of nitrogens with one attached hydrogen (secondary N) is 1. The van der Waals surface area contributed by atoms with Gasteiger partial charge in [0, 0.05) is 19.5 Å². The molecule has 94 valence electrons. The first-order chi connectivity index (χ1) is 8.11. The predicted octanol–water partition coefficient (Wildman–Crippen LogP) is 1.85. The number of hydrogen-bond acceptors (Lipinski definition) is 2. The van der Waals surface area contributed by atoms with Crippen LogP contribution in [0.2, 0.25) is 0 Å². The number of carbonyl (C=O) groups is 1. The van der Waals surface area contributed by atoms with Crippen molar-refractivity contribution in [2.45, 2.75) is 33.2 Å². The van der Waals surface area contributed by atoms with Gasteiger partial charge in [-0.2, -0.15) is 0 Å². The second-order valence-corrected chi connectivity index (χ2v) is 4.73. The smallest absolute Gasteiger partial charge is 0.221 e. The SMILES string of the molecule is CC(C)Cc1ccc(CNC(=O)CCN)cc1. The number of carbonyl (C=O) groups excluding carboxylic acids is 1. The first-order valence-electron chi connectivity index (χ1n) is 6.16. The molecule has 1 aromatic carbocycles. The second-order valence-electron chi connectivity index (χ2n) is 4.73. The summed E-state index contributed by atoms with van der Waals surface area (Å²) in [6.07, 6.45) is 1.49. The Hall–Kier alpha value is -1.35. The van der Waals surface area contributed by atoms with Gasteiger partial charge in [0.15, 0.2) is 0 Å². The summed E-state index contributed by atoms with van der Waals surface area (Å²) < 4.78 is 0. The van der Waals surface area contributed by atoms with Crippen LogP contribution >= 0.6 is 0 Å². The van der Waals surface area contributed by atoms with Crippen molar-refractivity contribution in [2.75, 3.05) is 6.54 Å². The molecule has 0 unspecified atom stereocenters. The molecule has 3 nitrogen and oxygen atoms in total. The zero-order chi connectivity index (χ0) is 12.7. The minimum Gasteiger partial charge on any atom is -0.352 e. The Morgan fingerprint density at radius 2 is 1.82 bits per heavy atom. The quantitative estimate of drug-likeness (QED) is 0.789. The lowest BCUT2D eigenvalue weighted by atomic mass is 10.0. The van der Waals surface area contributed by atoms with Gasteiger partial charge >= 0.3 is 0 Å². The van der Waals surface area contributed by atoms with Crippen LogP contribution in [0.3, 0.4) is 0 Å². The predicted molar refractivity (Wildman–Crippen MR) is 70.5 cm³/mol. The maximum atomic E-state index is 11.2. The molecule has 3 heteroatoms. The van der Waals surface area contributed by atoms with E-state index in [0.717, 1.165) is 12.0 Å². The molecule has 0 saturated heterocycles. The van der Waals surface area contributed by atoms with E-state index in [1.165, 1.54) is 5.56 Å². The van der Waals surface area contributed by atoms with Crippen LogP contribution in [0.25, 0.3) is 0 Å². The Bertz CT molecular complexity index is 344. The summed E-state index contributed by atoms with van der Waals surface area (Å²) in [7, 11) is 0. The van der Waals surface area contributed by atoms with Gasteiger partial charge in [-0.1, -0.05) is 38.1 Å². The first-order valence-corrected chi connectivity index (χ1v) is 6.16. The van der Waals surface area contributed by atoms with Crippen molar-refractivity contribution in [1.82, 2.24) is 5.32 Å². The van der Waals surface area contributed by atoms with Gasteiger partial charge in [0.25, 0.3) is 0 Å². The molecule has 1 amide bonds. The van der Waals surface area contributed by atoms with Crippen LogP contribution in [-0.4, -0.2) is 12.5 Å². The zero-order valence-electron chi connectivity index (χ0n) is 10.7. The molecule has 0 fully saturated rings. The highest BCUT2D eigenvalue weighted by Crippen LogP contribution is 2.09. The molecule has 3 N–H and O–H groups in total. The van der Waals surface area contributed by atoms with E-state index in [-0.39, 0.29) is 5.91 Å². The third-order valence-corrected chi connectivity index (χ3v) is 2.53. The molecular weight excluding hydrogens is 212 g/mol. The minimum absolute atomic E-state index is 0.0127. The summed E-state index contributed by atoms with van der Waals surface area (Å²) in [4.78, 5) is 11.2. The third kappa shape index (κ3) is 5.50. The Kier molecular flexibility index (Phi) is 5.70. The van der Waals surface area contributed by atoms with Crippen LogP contribution in [-0.2, 0) is 17.8 Å². The molecular formula is C14H22N2O. The molecule has 0 bridgehead atoms. The molecule has 0 aliphatic carbocycles. The number of hydrogen-bond donors (Lipinski definition) is 2. The fourth-order valence-electron chi connectivity index (χ4n) is 1.68. The Morgan fingerprint density at radius 1 is 1.24 bits per heavy atom. The average Bonchev–Trinajstić information content (AvgIpc) is 2.28. The van der Waals surface area contributed by atoms with E-state index in [9.17, 15) is 4.79 Å². The van der Waals surface area contributed by atoms with Crippen molar-refractivity contribution in [3.05, 3.63) is 35.4 Å². The monoisotopic (exact) mass is 234 g/mol. The Balaban J connectivity index is 2.42. The molecule has 0 spiro atoms. The Labute approximate surface area is 103 Å². The molecule has 1 aromatic rings. The number of benzene rings is 1. The van der Waals surface area contributed by atoms with Crippen molar-refractivity contribution < 1.29 is 4.79 Å². The van der Waals surface area contributed by atoms with Crippen molar-refractivity contribution >= 4 is 5.91 Å². The maximum Gasteiger partial charge on any atom is 0.221 e. The van der Waals surface area contributed by atoms with Gasteiger partial charge in [0.05, 0.1) is 0 Å². The lowest BCUT2D eigenvalue weighted by Gasteiger charge is -2.07. The molecule has 0 radical (unpaired) electrons. The van der Waals surface area contributed by atoms with E-state index in [1.54, 1.807) is 0 Å². The van der Waals surface area contributed by atoms with Crippen molar-refractivity contribution in [3.8, 4) is 0 Å². The van der Waals surface area contributed by atoms with E-state index in [4.69, 9.17) is 5.73 Å². The number of nitrogens with two attached hydrogens (primary N) is 1. The molecule has 0 heterocycles. The maximum absolute atomic E-state index is 11.2. The summed E-state index contributed by atoms with van der Waals surface area (Å²) in [6, 6.07) is 8.40. The highest BCUT2D eigenvalue weighted by Gasteiger charge is 2.01. The van der Waals surface area contributed by atoms with Gasteiger partial charge in [-0.15, -0.1) is 0 Å². The van der Waals surface area contributed by atoms with E-state index in [0.29, 0.717) is 25.4 Å². The van der Waals surface area contributed by atoms with Crippen LogP contribution < -0.4 is 11.1 Å². The van der Waals surface area contributed by atoms with Crippen LogP contribution in [0.15, 0.2) is 24.3 Å². The van der Waals surface area contributed by atoms with Crippen LogP contribution in [0.5, 0.6) is 0 Å². The average molecular weight is 234 g/mol. The van der Waals surface area contributed by atoms with Gasteiger partial charge in [-0.05, 0) is 23.5 Å². The van der Waals surface area contributed by atoms with Gasteiger partial charge in [0.1, 0.15) is 0 Å². The largest absolute Gasteiger partial charge is 0.352 e. The van der Waals surface area contributed by atoms with E-state index in [1.807, 2.05) is 0 Å². The topological polar surface area (TPSA) is 55.1 Å². The lowest BCUT2D eigenvalue weighted by Crippen LogP contribution is -2.24. The fourth-order valence-corrected chi connectivity index (χ4v) is 1.68. The van der Waals surface area contributed by atoms with E-state index < -0.39 is 0 Å². The summed E-state index contributed by atoms with van der Waals surface area (Å²) in [5, 5.41) is 2.84. The van der Waals surface area contributed by atoms with Crippen molar-refractivity contribution in [1.29, 1.82) is 0 Å². The number of rotatable bonds is 6. The molecule has 1 rings (SSSR count). The second kappa shape index (κ2) is 7.07. The van der Waals surface area contributed by atoms with Crippen molar-refractivity contribution in [3.63, 3.8) is 0 Å². The van der Waals surface area contributed by atoms with Gasteiger partial charge in [-0.3, -0.25) is 4.79 Å². The molecule has 0 atom stereocenters. The molecule has 0 saturated carbocycles. The molecule has 0 aromatic heterocycles. The summed E-state index contributed by atoms with van der Waals surface area (Å²) in [5.74, 6) is 0.684. The standard InChI is InChI=1S/C14H22N2O/c1-11(2)9-12-3-5-13(6-4-12)10-16-14(17)7-8-15/h3-6,11H,7-10,15H2,1-2H3,(H,16,17). The Morgan fingerprint density at radius 3 is 2.35 bits per heavy atom. The summed E-state index contributed by atoms with van der Waals surface area (Å²) in [6.45, 7) is 5.40.